The molecule has 1 aromatic heterocycles. The Morgan fingerprint density at radius 2 is 2.21 bits per heavy atom. The maximum absolute atomic E-state index is 12.2. The number of fused-ring (bicyclic) bond motifs is 1. The molecule has 9 nitrogen and oxygen atoms in total. The topological polar surface area (TPSA) is 130 Å². The number of amides is 1. The van der Waals surface area contributed by atoms with E-state index in [1.807, 2.05) is 0 Å². The van der Waals surface area contributed by atoms with E-state index in [9.17, 15) is 18.0 Å². The van der Waals surface area contributed by atoms with E-state index in [1.54, 1.807) is 6.07 Å². The molecule has 4 atom stereocenters. The van der Waals surface area contributed by atoms with Crippen LogP contribution >= 0.6 is 0 Å². The number of aromatic amines is 1. The van der Waals surface area contributed by atoms with Gasteiger partial charge in [0.05, 0.1) is 30.1 Å². The van der Waals surface area contributed by atoms with Gasteiger partial charge in [0.15, 0.2) is 0 Å². The van der Waals surface area contributed by atoms with E-state index < -0.39 is 16.1 Å². The number of carbonyl (C=O) groups excluding carboxylic acids is 1. The zero-order chi connectivity index (χ0) is 17.3. The van der Waals surface area contributed by atoms with Crippen molar-refractivity contribution in [2.75, 3.05) is 12.9 Å². The second-order valence-electron chi connectivity index (χ2n) is 6.21. The van der Waals surface area contributed by atoms with E-state index in [4.69, 9.17) is 4.74 Å². The molecule has 0 radical (unpaired) electrons. The summed E-state index contributed by atoms with van der Waals surface area (Å²) in [7, 11) is -3.38. The molecule has 132 valence electrons. The molecule has 1 amide bonds. The van der Waals surface area contributed by atoms with Crippen LogP contribution in [-0.2, 0) is 26.0 Å². The van der Waals surface area contributed by atoms with Gasteiger partial charge in [0.1, 0.15) is 0 Å². The van der Waals surface area contributed by atoms with Crippen molar-refractivity contribution in [2.24, 2.45) is 5.92 Å². The lowest BCUT2D eigenvalue weighted by molar-refractivity contribution is -0.125. The van der Waals surface area contributed by atoms with Gasteiger partial charge in [-0.05, 0) is 12.5 Å². The molecule has 1 aliphatic carbocycles. The Bertz CT molecular complexity index is 757. The van der Waals surface area contributed by atoms with Crippen LogP contribution in [0, 0.1) is 5.92 Å². The Hall–Kier alpha value is -1.78. The van der Waals surface area contributed by atoms with Gasteiger partial charge in [0, 0.05) is 31.4 Å². The number of rotatable bonds is 6. The number of H-pyrrole nitrogens is 1. The predicted molar refractivity (Wildman–Crippen MR) is 84.7 cm³/mol. The van der Waals surface area contributed by atoms with Crippen molar-refractivity contribution in [3.05, 3.63) is 28.2 Å². The van der Waals surface area contributed by atoms with Crippen LogP contribution in [-0.4, -0.2) is 55.6 Å². The first-order valence-corrected chi connectivity index (χ1v) is 9.65. The van der Waals surface area contributed by atoms with Crippen LogP contribution in [0.15, 0.2) is 16.9 Å². The highest BCUT2D eigenvalue weighted by Gasteiger charge is 2.55. The lowest BCUT2D eigenvalue weighted by atomic mass is 9.72. The van der Waals surface area contributed by atoms with Crippen molar-refractivity contribution in [1.29, 1.82) is 0 Å². The third-order valence-corrected chi connectivity index (χ3v) is 5.11. The monoisotopic (exact) mass is 356 g/mol. The standard InChI is InChI=1S/C14H20N4O5S/c1-24(21,22)18-13-12(9-6-7-23-14(9)13)15-10(19)4-2-8-3-5-11(20)17-16-8/h3,5,9,12-14,18H,2,4,6-7H2,1H3,(H,15,19)(H,17,20)/t9-,12+,13-,14-/m1/s1. The minimum absolute atomic E-state index is 0.138. The zero-order valence-corrected chi connectivity index (χ0v) is 14.0. The average molecular weight is 356 g/mol. The number of aryl methyl sites for hydroxylation is 1. The van der Waals surface area contributed by atoms with Crippen molar-refractivity contribution in [2.45, 2.75) is 37.5 Å². The number of carbonyl (C=O) groups is 1. The molecule has 1 aromatic rings. The number of hydrogen-bond acceptors (Lipinski definition) is 6. The van der Waals surface area contributed by atoms with Gasteiger partial charge in [0.25, 0.3) is 5.56 Å². The molecule has 2 fully saturated rings. The molecule has 0 aromatic carbocycles. The normalized spacial score (nSPS) is 28.9. The van der Waals surface area contributed by atoms with Gasteiger partial charge < -0.3 is 10.1 Å². The lowest BCUT2D eigenvalue weighted by Crippen LogP contribution is -2.70. The lowest BCUT2D eigenvalue weighted by Gasteiger charge is -2.47. The van der Waals surface area contributed by atoms with Crippen LogP contribution in [0.3, 0.4) is 0 Å². The molecule has 1 aliphatic heterocycles. The fourth-order valence-corrected chi connectivity index (χ4v) is 4.08. The van der Waals surface area contributed by atoms with E-state index in [1.165, 1.54) is 6.07 Å². The molecular formula is C14H20N4O5S. The summed E-state index contributed by atoms with van der Waals surface area (Å²) in [6.45, 7) is 0.574. The number of sulfonamides is 1. The van der Waals surface area contributed by atoms with Gasteiger partial charge in [-0.25, -0.2) is 18.2 Å². The van der Waals surface area contributed by atoms with Gasteiger partial charge in [-0.3, -0.25) is 9.59 Å². The first kappa shape index (κ1) is 17.1. The summed E-state index contributed by atoms with van der Waals surface area (Å²) in [5.41, 5.74) is 0.325. The van der Waals surface area contributed by atoms with E-state index >= 15 is 0 Å². The first-order chi connectivity index (χ1) is 11.3. The van der Waals surface area contributed by atoms with E-state index in [0.29, 0.717) is 18.7 Å². The molecule has 0 unspecified atom stereocenters. The van der Waals surface area contributed by atoms with Gasteiger partial charge in [-0.1, -0.05) is 0 Å². The second-order valence-corrected chi connectivity index (χ2v) is 7.99. The highest BCUT2D eigenvalue weighted by molar-refractivity contribution is 7.88. The molecule has 3 rings (SSSR count). The molecule has 24 heavy (non-hydrogen) atoms. The van der Waals surface area contributed by atoms with Crippen molar-refractivity contribution in [1.82, 2.24) is 20.2 Å². The van der Waals surface area contributed by atoms with Crippen LogP contribution in [0.2, 0.25) is 0 Å². The summed E-state index contributed by atoms with van der Waals surface area (Å²) < 4.78 is 31.0. The number of hydrogen-bond donors (Lipinski definition) is 3. The molecule has 2 heterocycles. The fraction of sp³-hybridized carbons (Fsp3) is 0.643. The number of aromatic nitrogens is 2. The third-order valence-electron chi connectivity index (χ3n) is 4.41. The summed E-state index contributed by atoms with van der Waals surface area (Å²) in [6.07, 6.45) is 2.32. The zero-order valence-electron chi connectivity index (χ0n) is 13.2. The number of nitrogens with one attached hydrogen (secondary N) is 3. The Balaban J connectivity index is 1.56. The maximum atomic E-state index is 12.2. The Kier molecular flexibility index (Phi) is 4.70. The van der Waals surface area contributed by atoms with E-state index in [-0.39, 0.29) is 36.0 Å². The highest BCUT2D eigenvalue weighted by atomic mass is 32.2. The largest absolute Gasteiger partial charge is 0.376 e. The smallest absolute Gasteiger partial charge is 0.264 e. The van der Waals surface area contributed by atoms with Crippen molar-refractivity contribution >= 4 is 15.9 Å². The van der Waals surface area contributed by atoms with E-state index in [2.05, 4.69) is 20.2 Å². The second kappa shape index (κ2) is 6.61. The molecule has 10 heteroatoms. The summed E-state index contributed by atoms with van der Waals surface area (Å²) in [5.74, 6) is -0.0435. The Morgan fingerprint density at radius 3 is 2.88 bits per heavy atom. The minimum Gasteiger partial charge on any atom is -0.376 e. The summed E-state index contributed by atoms with van der Waals surface area (Å²) in [5, 5.41) is 9.07. The maximum Gasteiger partial charge on any atom is 0.264 e. The highest BCUT2D eigenvalue weighted by Crippen LogP contribution is 2.39. The molecule has 3 N–H and O–H groups in total. The quantitative estimate of drug-likeness (QED) is 0.570. The summed E-state index contributed by atoms with van der Waals surface area (Å²) in [4.78, 5) is 23.1. The molecular weight excluding hydrogens is 336 g/mol. The SMILES string of the molecule is CS(=O)(=O)N[C@@H]1[C@@H](NC(=O)CCc2ccc(=O)[nH]n2)[C@H]2CCO[C@H]21. The van der Waals surface area contributed by atoms with Crippen LogP contribution < -0.4 is 15.6 Å². The average Bonchev–Trinajstić information content (AvgIpc) is 2.94. The Labute approximate surface area is 139 Å². The summed E-state index contributed by atoms with van der Waals surface area (Å²) in [6, 6.07) is 2.24. The molecule has 0 bridgehead atoms. The van der Waals surface area contributed by atoms with Gasteiger partial charge in [0.2, 0.25) is 15.9 Å². The summed E-state index contributed by atoms with van der Waals surface area (Å²) >= 11 is 0. The molecule has 2 aliphatic rings. The molecule has 1 saturated heterocycles. The molecule has 1 saturated carbocycles. The van der Waals surface area contributed by atoms with Crippen LogP contribution in [0.1, 0.15) is 18.5 Å². The third kappa shape index (κ3) is 3.82. The van der Waals surface area contributed by atoms with Crippen LogP contribution in [0.5, 0.6) is 0 Å². The minimum atomic E-state index is -3.38. The Morgan fingerprint density at radius 1 is 1.42 bits per heavy atom. The van der Waals surface area contributed by atoms with Crippen molar-refractivity contribution < 1.29 is 17.9 Å². The van der Waals surface area contributed by atoms with Crippen molar-refractivity contribution in [3.8, 4) is 0 Å². The van der Waals surface area contributed by atoms with Gasteiger partial charge in [-0.15, -0.1) is 0 Å². The van der Waals surface area contributed by atoms with Crippen LogP contribution in [0.25, 0.3) is 0 Å². The molecule has 0 spiro atoms. The number of ether oxygens (including phenoxy) is 1. The van der Waals surface area contributed by atoms with Crippen LogP contribution in [0.4, 0.5) is 0 Å². The first-order valence-electron chi connectivity index (χ1n) is 7.76. The van der Waals surface area contributed by atoms with E-state index in [0.717, 1.165) is 12.7 Å². The fourth-order valence-electron chi connectivity index (χ4n) is 3.30. The number of nitrogens with zero attached hydrogens (tertiary/aromatic N) is 1. The predicted octanol–water partition coefficient (Wildman–Crippen LogP) is -1.48. The van der Waals surface area contributed by atoms with Crippen molar-refractivity contribution in [3.63, 3.8) is 0 Å². The van der Waals surface area contributed by atoms with Gasteiger partial charge in [-0.2, -0.15) is 5.10 Å². The van der Waals surface area contributed by atoms with Gasteiger partial charge >= 0.3 is 0 Å².